The maximum atomic E-state index is 10.9. The van der Waals surface area contributed by atoms with Gasteiger partial charge in [0.1, 0.15) is 0 Å². The highest BCUT2D eigenvalue weighted by molar-refractivity contribution is 7.99. The van der Waals surface area contributed by atoms with Gasteiger partial charge in [0, 0.05) is 18.8 Å². The van der Waals surface area contributed by atoms with Gasteiger partial charge in [0.2, 0.25) is 0 Å². The summed E-state index contributed by atoms with van der Waals surface area (Å²) < 4.78 is 11.4. The molecule has 0 radical (unpaired) electrons. The zero-order valence-electron chi connectivity index (χ0n) is 17.9. The summed E-state index contributed by atoms with van der Waals surface area (Å²) in [7, 11) is 0. The number of para-hydroxylation sites is 1. The third kappa shape index (κ3) is 5.56. The van der Waals surface area contributed by atoms with E-state index in [1.165, 1.54) is 11.1 Å². The molecule has 1 aliphatic rings. The maximum Gasteiger partial charge on any atom is 0.341 e. The standard InChI is InChI=1S/C26H27NO4S/c28-24(29)19-31-23-14-7-13-22-25(23)30-17-8-15-27(22)16-18-32-26(20-9-3-1-4-10-20)21-11-5-2-6-12-21/h1-7,9-14,26H,8,15-19H2,(H,28,29). The Labute approximate surface area is 193 Å². The van der Waals surface area contributed by atoms with Gasteiger partial charge in [-0.2, -0.15) is 0 Å². The summed E-state index contributed by atoms with van der Waals surface area (Å²) in [5.41, 5.74) is 3.56. The summed E-state index contributed by atoms with van der Waals surface area (Å²) in [4.78, 5) is 13.2. The van der Waals surface area contributed by atoms with Crippen molar-refractivity contribution in [3.63, 3.8) is 0 Å². The summed E-state index contributed by atoms with van der Waals surface area (Å²) in [5, 5.41) is 9.23. The van der Waals surface area contributed by atoms with Gasteiger partial charge in [0.05, 0.1) is 17.5 Å². The van der Waals surface area contributed by atoms with Gasteiger partial charge in [-0.1, -0.05) is 66.7 Å². The first-order valence-corrected chi connectivity index (χ1v) is 11.8. The van der Waals surface area contributed by atoms with Crippen molar-refractivity contribution >= 4 is 23.4 Å². The molecule has 166 valence electrons. The molecule has 3 aromatic carbocycles. The van der Waals surface area contributed by atoms with Crippen molar-refractivity contribution in [2.24, 2.45) is 0 Å². The van der Waals surface area contributed by atoms with Crippen LogP contribution in [-0.2, 0) is 4.79 Å². The maximum absolute atomic E-state index is 10.9. The molecule has 6 heteroatoms. The molecular weight excluding hydrogens is 422 g/mol. The quantitative estimate of drug-likeness (QED) is 0.481. The van der Waals surface area contributed by atoms with Crippen molar-refractivity contribution in [2.75, 3.05) is 37.0 Å². The summed E-state index contributed by atoms with van der Waals surface area (Å²) in [6.45, 7) is 1.95. The van der Waals surface area contributed by atoms with Crippen LogP contribution in [0.2, 0.25) is 0 Å². The van der Waals surface area contributed by atoms with Gasteiger partial charge in [-0.05, 0) is 29.7 Å². The molecule has 0 amide bonds. The van der Waals surface area contributed by atoms with Crippen molar-refractivity contribution in [1.82, 2.24) is 0 Å². The fraction of sp³-hybridized carbons (Fsp3) is 0.269. The lowest BCUT2D eigenvalue weighted by atomic mass is 10.0. The van der Waals surface area contributed by atoms with E-state index in [9.17, 15) is 4.79 Å². The largest absolute Gasteiger partial charge is 0.488 e. The van der Waals surface area contributed by atoms with E-state index in [4.69, 9.17) is 14.6 Å². The number of rotatable bonds is 9. The predicted octanol–water partition coefficient (Wildman–Crippen LogP) is 5.26. The van der Waals surface area contributed by atoms with Gasteiger partial charge in [0.25, 0.3) is 0 Å². The Hall–Kier alpha value is -3.12. The lowest BCUT2D eigenvalue weighted by molar-refractivity contribution is -0.139. The number of hydrogen-bond donors (Lipinski definition) is 1. The smallest absolute Gasteiger partial charge is 0.341 e. The van der Waals surface area contributed by atoms with Crippen molar-refractivity contribution in [2.45, 2.75) is 11.7 Å². The Morgan fingerprint density at radius 1 is 1.00 bits per heavy atom. The van der Waals surface area contributed by atoms with Crippen LogP contribution >= 0.6 is 11.8 Å². The number of anilines is 1. The first kappa shape index (κ1) is 22.1. The molecule has 1 heterocycles. The second kappa shape index (κ2) is 11.0. The molecule has 0 bridgehead atoms. The first-order valence-electron chi connectivity index (χ1n) is 10.8. The highest BCUT2D eigenvalue weighted by Crippen LogP contribution is 2.40. The molecule has 3 aromatic rings. The molecule has 0 saturated carbocycles. The second-order valence-electron chi connectivity index (χ2n) is 7.55. The molecule has 1 N–H and O–H groups in total. The number of carboxylic acid groups (broad SMARTS) is 1. The van der Waals surface area contributed by atoms with Crippen LogP contribution in [0.5, 0.6) is 11.5 Å². The van der Waals surface area contributed by atoms with E-state index in [0.717, 1.165) is 31.0 Å². The molecule has 1 aliphatic heterocycles. The van der Waals surface area contributed by atoms with Crippen molar-refractivity contribution < 1.29 is 19.4 Å². The highest BCUT2D eigenvalue weighted by Gasteiger charge is 2.21. The van der Waals surface area contributed by atoms with Gasteiger partial charge in [-0.3, -0.25) is 0 Å². The van der Waals surface area contributed by atoms with E-state index < -0.39 is 5.97 Å². The van der Waals surface area contributed by atoms with E-state index >= 15 is 0 Å². The van der Waals surface area contributed by atoms with E-state index in [-0.39, 0.29) is 11.9 Å². The monoisotopic (exact) mass is 449 g/mol. The molecule has 32 heavy (non-hydrogen) atoms. The van der Waals surface area contributed by atoms with Gasteiger partial charge in [0.15, 0.2) is 18.1 Å². The van der Waals surface area contributed by atoms with Crippen LogP contribution in [-0.4, -0.2) is 43.1 Å². The minimum absolute atomic E-state index is 0.269. The van der Waals surface area contributed by atoms with E-state index in [1.54, 1.807) is 6.07 Å². The third-order valence-electron chi connectivity index (χ3n) is 5.32. The van der Waals surface area contributed by atoms with Crippen molar-refractivity contribution in [3.8, 4) is 11.5 Å². The second-order valence-corrected chi connectivity index (χ2v) is 8.76. The Kier molecular flexibility index (Phi) is 7.56. The average molecular weight is 450 g/mol. The molecule has 0 spiro atoms. The van der Waals surface area contributed by atoms with Crippen LogP contribution in [0.3, 0.4) is 0 Å². The number of hydrogen-bond acceptors (Lipinski definition) is 5. The van der Waals surface area contributed by atoms with Crippen LogP contribution in [0.15, 0.2) is 78.9 Å². The van der Waals surface area contributed by atoms with Gasteiger partial charge < -0.3 is 19.5 Å². The van der Waals surface area contributed by atoms with Crippen molar-refractivity contribution in [3.05, 3.63) is 90.0 Å². The van der Waals surface area contributed by atoms with E-state index in [2.05, 4.69) is 53.4 Å². The summed E-state index contributed by atoms with van der Waals surface area (Å²) in [6, 6.07) is 26.9. The van der Waals surface area contributed by atoms with Crippen molar-refractivity contribution in [1.29, 1.82) is 0 Å². The normalized spacial score (nSPS) is 13.2. The lowest BCUT2D eigenvalue weighted by Gasteiger charge is -2.26. The number of aliphatic carboxylic acids is 1. The molecule has 0 aliphatic carbocycles. The zero-order valence-corrected chi connectivity index (χ0v) is 18.7. The van der Waals surface area contributed by atoms with Gasteiger partial charge in [-0.25, -0.2) is 4.79 Å². The number of nitrogens with zero attached hydrogens (tertiary/aromatic N) is 1. The molecule has 5 nitrogen and oxygen atoms in total. The van der Waals surface area contributed by atoms with E-state index in [0.29, 0.717) is 18.1 Å². The lowest BCUT2D eigenvalue weighted by Crippen LogP contribution is -2.26. The molecule has 0 fully saturated rings. The Balaban J connectivity index is 1.48. The number of benzene rings is 3. The molecule has 0 aromatic heterocycles. The van der Waals surface area contributed by atoms with Crippen LogP contribution in [0.1, 0.15) is 22.8 Å². The van der Waals surface area contributed by atoms with Crippen LogP contribution < -0.4 is 14.4 Å². The number of carboxylic acids is 1. The first-order chi connectivity index (χ1) is 15.7. The molecular formula is C26H27NO4S. The minimum Gasteiger partial charge on any atom is -0.488 e. The molecule has 4 rings (SSSR count). The van der Waals surface area contributed by atoms with Crippen LogP contribution in [0, 0.1) is 0 Å². The summed E-state index contributed by atoms with van der Waals surface area (Å²) >= 11 is 1.93. The topological polar surface area (TPSA) is 59.0 Å². The third-order valence-corrected chi connectivity index (χ3v) is 6.62. The van der Waals surface area contributed by atoms with Crippen LogP contribution in [0.4, 0.5) is 5.69 Å². The fourth-order valence-electron chi connectivity index (χ4n) is 3.86. The highest BCUT2D eigenvalue weighted by atomic mass is 32.2. The number of carbonyl (C=O) groups is 1. The van der Waals surface area contributed by atoms with Crippen LogP contribution in [0.25, 0.3) is 0 Å². The zero-order chi connectivity index (χ0) is 22.2. The van der Waals surface area contributed by atoms with Gasteiger partial charge >= 0.3 is 5.97 Å². The number of thioether (sulfide) groups is 1. The Morgan fingerprint density at radius 2 is 1.69 bits per heavy atom. The van der Waals surface area contributed by atoms with E-state index in [1.807, 2.05) is 36.0 Å². The minimum atomic E-state index is -1.00. The Morgan fingerprint density at radius 3 is 2.34 bits per heavy atom. The SMILES string of the molecule is O=C(O)COc1cccc2c1OCCCN2CCSC(c1ccccc1)c1ccccc1. The molecule has 0 saturated heterocycles. The van der Waals surface area contributed by atoms with Gasteiger partial charge in [-0.15, -0.1) is 11.8 Å². The molecule has 0 atom stereocenters. The number of fused-ring (bicyclic) bond motifs is 1. The predicted molar refractivity (Wildman–Crippen MR) is 129 cm³/mol. The average Bonchev–Trinajstić information content (AvgIpc) is 3.04. The Bertz CT molecular complexity index is 973. The number of ether oxygens (including phenoxy) is 2. The molecule has 0 unspecified atom stereocenters. The summed E-state index contributed by atoms with van der Waals surface area (Å²) in [5.74, 6) is 1.06. The summed E-state index contributed by atoms with van der Waals surface area (Å²) in [6.07, 6.45) is 0.901. The fourth-order valence-corrected chi connectivity index (χ4v) is 5.12.